The molecule has 0 atom stereocenters. The molecule has 4 heteroatoms. The van der Waals surface area contributed by atoms with Gasteiger partial charge in [-0.3, -0.25) is 0 Å². The van der Waals surface area contributed by atoms with Crippen molar-refractivity contribution in [1.82, 2.24) is 0 Å². The van der Waals surface area contributed by atoms with E-state index in [1.807, 2.05) is 12.1 Å². The van der Waals surface area contributed by atoms with Crippen molar-refractivity contribution < 1.29 is 9.47 Å². The van der Waals surface area contributed by atoms with Crippen molar-refractivity contribution in [3.05, 3.63) is 18.2 Å². The van der Waals surface area contributed by atoms with Crippen LogP contribution in [-0.4, -0.2) is 13.2 Å². The summed E-state index contributed by atoms with van der Waals surface area (Å²) < 4.78 is 10.8. The molecular weight excluding hydrogens is 190 g/mol. The molecule has 0 saturated heterocycles. The van der Waals surface area contributed by atoms with E-state index in [0.717, 1.165) is 24.5 Å². The van der Waals surface area contributed by atoms with Gasteiger partial charge in [-0.25, -0.2) is 0 Å². The summed E-state index contributed by atoms with van der Waals surface area (Å²) in [6.07, 6.45) is 0.925. The number of nitrogens with two attached hydrogens (primary N) is 1. The van der Waals surface area contributed by atoms with Gasteiger partial charge in [-0.1, -0.05) is 0 Å². The molecule has 1 aliphatic heterocycles. The van der Waals surface area contributed by atoms with Gasteiger partial charge in [0.1, 0.15) is 0 Å². The Morgan fingerprint density at radius 3 is 2.54 bits per heavy atom. The lowest BCUT2D eigenvalue weighted by atomic mass is 10.3. The second kappa shape index (κ2) is 4.23. The van der Waals surface area contributed by atoms with Crippen LogP contribution in [0.3, 0.4) is 0 Å². The number of rotatable bonds is 0. The molecule has 13 heavy (non-hydrogen) atoms. The van der Waals surface area contributed by atoms with E-state index in [1.165, 1.54) is 0 Å². The van der Waals surface area contributed by atoms with E-state index in [4.69, 9.17) is 15.2 Å². The third-order valence-corrected chi connectivity index (χ3v) is 1.77. The molecule has 72 valence electrons. The second-order valence-electron chi connectivity index (χ2n) is 2.76. The summed E-state index contributed by atoms with van der Waals surface area (Å²) in [5.74, 6) is 1.55. The van der Waals surface area contributed by atoms with E-state index >= 15 is 0 Å². The third kappa shape index (κ3) is 2.18. The van der Waals surface area contributed by atoms with Gasteiger partial charge in [-0.05, 0) is 12.1 Å². The molecule has 0 amide bonds. The fourth-order valence-electron chi connectivity index (χ4n) is 1.18. The summed E-state index contributed by atoms with van der Waals surface area (Å²) in [4.78, 5) is 0. The molecule has 0 aromatic heterocycles. The van der Waals surface area contributed by atoms with Crippen LogP contribution < -0.4 is 15.2 Å². The number of anilines is 1. The van der Waals surface area contributed by atoms with E-state index in [1.54, 1.807) is 6.07 Å². The lowest BCUT2D eigenvalue weighted by Crippen LogP contribution is -1.97. The summed E-state index contributed by atoms with van der Waals surface area (Å²) in [5.41, 5.74) is 6.30. The lowest BCUT2D eigenvalue weighted by Gasteiger charge is -2.06. The van der Waals surface area contributed by atoms with Gasteiger partial charge in [0.05, 0.1) is 13.2 Å². The highest BCUT2D eigenvalue weighted by atomic mass is 35.5. The van der Waals surface area contributed by atoms with Crippen LogP contribution in [0, 0.1) is 0 Å². The highest BCUT2D eigenvalue weighted by Gasteiger charge is 2.08. The number of ether oxygens (including phenoxy) is 2. The Labute approximate surface area is 83.2 Å². The van der Waals surface area contributed by atoms with Crippen molar-refractivity contribution in [1.29, 1.82) is 0 Å². The SMILES string of the molecule is Cl.Nc1ccc2c(c1)OCCCO2. The monoisotopic (exact) mass is 201 g/mol. The van der Waals surface area contributed by atoms with Crippen LogP contribution in [0.4, 0.5) is 5.69 Å². The molecule has 3 nitrogen and oxygen atoms in total. The highest BCUT2D eigenvalue weighted by molar-refractivity contribution is 5.85. The first kappa shape index (κ1) is 9.99. The Morgan fingerprint density at radius 1 is 1.08 bits per heavy atom. The minimum atomic E-state index is 0. The van der Waals surface area contributed by atoms with Crippen molar-refractivity contribution in [2.75, 3.05) is 18.9 Å². The molecule has 0 bridgehead atoms. The number of halogens is 1. The zero-order valence-electron chi connectivity index (χ0n) is 7.16. The number of fused-ring (bicyclic) bond motifs is 1. The van der Waals surface area contributed by atoms with Crippen LogP contribution >= 0.6 is 12.4 Å². The van der Waals surface area contributed by atoms with Gasteiger partial charge in [0.15, 0.2) is 11.5 Å². The highest BCUT2D eigenvalue weighted by Crippen LogP contribution is 2.30. The zero-order chi connectivity index (χ0) is 8.39. The van der Waals surface area contributed by atoms with E-state index in [-0.39, 0.29) is 12.4 Å². The van der Waals surface area contributed by atoms with E-state index < -0.39 is 0 Å². The minimum Gasteiger partial charge on any atom is -0.490 e. The first-order chi connectivity index (χ1) is 5.86. The van der Waals surface area contributed by atoms with Gasteiger partial charge in [0, 0.05) is 18.2 Å². The van der Waals surface area contributed by atoms with Crippen LogP contribution in [0.1, 0.15) is 6.42 Å². The lowest BCUT2D eigenvalue weighted by molar-refractivity contribution is 0.297. The summed E-state index contributed by atoms with van der Waals surface area (Å²) in [5, 5.41) is 0. The Hall–Kier alpha value is -1.09. The minimum absolute atomic E-state index is 0. The molecule has 2 N–H and O–H groups in total. The van der Waals surface area contributed by atoms with Crippen molar-refractivity contribution in [2.45, 2.75) is 6.42 Å². The fourth-order valence-corrected chi connectivity index (χ4v) is 1.18. The Balaban J connectivity index is 0.000000845. The molecule has 0 saturated carbocycles. The zero-order valence-corrected chi connectivity index (χ0v) is 7.97. The summed E-state index contributed by atoms with van der Waals surface area (Å²) in [6, 6.07) is 5.45. The summed E-state index contributed by atoms with van der Waals surface area (Å²) >= 11 is 0. The van der Waals surface area contributed by atoms with Crippen LogP contribution in [0.2, 0.25) is 0 Å². The maximum Gasteiger partial charge on any atom is 0.163 e. The maximum atomic E-state index is 5.60. The molecule has 0 fully saturated rings. The Morgan fingerprint density at radius 2 is 1.77 bits per heavy atom. The predicted octanol–water partition coefficient (Wildman–Crippen LogP) is 1.85. The van der Waals surface area contributed by atoms with Crippen LogP contribution in [0.25, 0.3) is 0 Å². The van der Waals surface area contributed by atoms with Crippen LogP contribution in [0.5, 0.6) is 11.5 Å². The number of hydrogen-bond donors (Lipinski definition) is 1. The molecule has 0 unspecified atom stereocenters. The summed E-state index contributed by atoms with van der Waals surface area (Å²) in [6.45, 7) is 1.42. The normalized spacial score (nSPS) is 14.2. The first-order valence-electron chi connectivity index (χ1n) is 4.01. The molecule has 0 spiro atoms. The van der Waals surface area contributed by atoms with Gasteiger partial charge in [0.2, 0.25) is 0 Å². The molecule has 1 aromatic carbocycles. The van der Waals surface area contributed by atoms with Gasteiger partial charge in [-0.15, -0.1) is 12.4 Å². The molecular formula is C9H12ClNO2. The predicted molar refractivity (Wildman–Crippen MR) is 53.7 cm³/mol. The second-order valence-corrected chi connectivity index (χ2v) is 2.76. The smallest absolute Gasteiger partial charge is 0.163 e. The van der Waals surface area contributed by atoms with E-state index in [2.05, 4.69) is 0 Å². The van der Waals surface area contributed by atoms with Gasteiger partial charge in [-0.2, -0.15) is 0 Å². The van der Waals surface area contributed by atoms with Crippen molar-refractivity contribution in [2.24, 2.45) is 0 Å². The molecule has 1 aromatic rings. The maximum absolute atomic E-state index is 5.60. The molecule has 2 rings (SSSR count). The fraction of sp³-hybridized carbons (Fsp3) is 0.333. The molecule has 1 aliphatic rings. The number of hydrogen-bond acceptors (Lipinski definition) is 3. The van der Waals surface area contributed by atoms with Gasteiger partial charge < -0.3 is 15.2 Å². The number of benzene rings is 1. The topological polar surface area (TPSA) is 44.5 Å². The van der Waals surface area contributed by atoms with Crippen molar-refractivity contribution in [3.63, 3.8) is 0 Å². The Bertz CT molecular complexity index is 291. The largest absolute Gasteiger partial charge is 0.490 e. The van der Waals surface area contributed by atoms with Crippen molar-refractivity contribution in [3.8, 4) is 11.5 Å². The van der Waals surface area contributed by atoms with Gasteiger partial charge >= 0.3 is 0 Å². The van der Waals surface area contributed by atoms with E-state index in [0.29, 0.717) is 12.3 Å². The van der Waals surface area contributed by atoms with E-state index in [9.17, 15) is 0 Å². The van der Waals surface area contributed by atoms with Crippen LogP contribution in [-0.2, 0) is 0 Å². The molecule has 0 radical (unpaired) electrons. The average Bonchev–Trinajstić information content (AvgIpc) is 2.28. The Kier molecular flexibility index (Phi) is 3.25. The van der Waals surface area contributed by atoms with Gasteiger partial charge in [0.25, 0.3) is 0 Å². The number of nitrogen functional groups attached to an aromatic ring is 1. The summed E-state index contributed by atoms with van der Waals surface area (Å²) in [7, 11) is 0. The first-order valence-corrected chi connectivity index (χ1v) is 4.01. The quantitative estimate of drug-likeness (QED) is 0.652. The molecule has 0 aliphatic carbocycles. The molecule has 1 heterocycles. The average molecular weight is 202 g/mol. The third-order valence-electron chi connectivity index (χ3n) is 1.77. The van der Waals surface area contributed by atoms with Crippen LogP contribution in [0.15, 0.2) is 18.2 Å². The van der Waals surface area contributed by atoms with Crippen molar-refractivity contribution >= 4 is 18.1 Å². The standard InChI is InChI=1S/C9H11NO2.ClH/c10-7-2-3-8-9(6-7)12-5-1-4-11-8;/h2-3,6H,1,4-5,10H2;1H.